The van der Waals surface area contributed by atoms with E-state index in [-0.39, 0.29) is 17.2 Å². The number of carbonyl (C=O) groups excluding carboxylic acids is 1. The van der Waals surface area contributed by atoms with Crippen molar-refractivity contribution in [1.29, 1.82) is 0 Å². The molecule has 0 atom stereocenters. The van der Waals surface area contributed by atoms with Crippen molar-refractivity contribution in [3.8, 4) is 0 Å². The molecular weight excluding hydrogens is 302 g/mol. The molecule has 0 bridgehead atoms. The summed E-state index contributed by atoms with van der Waals surface area (Å²) in [5.74, 6) is -1.20. The van der Waals surface area contributed by atoms with Gasteiger partial charge in [-0.25, -0.2) is 8.78 Å². The van der Waals surface area contributed by atoms with Gasteiger partial charge in [-0.1, -0.05) is 0 Å². The Morgan fingerprint density at radius 2 is 1.61 bits per heavy atom. The molecule has 0 amide bonds. The Kier molecular flexibility index (Phi) is 3.57. The minimum atomic E-state index is -0.500. The largest absolute Gasteiger partial charge is 0.289 e. The monoisotopic (exact) mass is 310 g/mol. The number of aryl methyl sites for hydroxylation is 1. The minimum Gasteiger partial charge on any atom is -0.289 e. The van der Waals surface area contributed by atoms with Gasteiger partial charge in [-0.2, -0.15) is 0 Å². The smallest absolute Gasteiger partial charge is 0.193 e. The van der Waals surface area contributed by atoms with Gasteiger partial charge in [0.05, 0.1) is 4.47 Å². The average Bonchev–Trinajstić information content (AvgIpc) is 2.35. The van der Waals surface area contributed by atoms with Gasteiger partial charge in [0.2, 0.25) is 0 Å². The zero-order valence-corrected chi connectivity index (χ0v) is 11.1. The van der Waals surface area contributed by atoms with Gasteiger partial charge >= 0.3 is 0 Å². The van der Waals surface area contributed by atoms with Crippen LogP contribution in [0.5, 0.6) is 0 Å². The molecule has 0 N–H and O–H groups in total. The molecule has 4 heteroatoms. The normalized spacial score (nSPS) is 10.4. The third kappa shape index (κ3) is 2.48. The molecule has 0 heterocycles. The molecule has 2 aromatic rings. The van der Waals surface area contributed by atoms with E-state index < -0.39 is 5.82 Å². The van der Waals surface area contributed by atoms with E-state index in [1.807, 2.05) is 0 Å². The van der Waals surface area contributed by atoms with Gasteiger partial charge in [0, 0.05) is 11.1 Å². The van der Waals surface area contributed by atoms with E-state index in [1.54, 1.807) is 6.92 Å². The van der Waals surface area contributed by atoms with E-state index in [1.165, 1.54) is 30.3 Å². The topological polar surface area (TPSA) is 17.1 Å². The van der Waals surface area contributed by atoms with Crippen LogP contribution in [-0.4, -0.2) is 5.78 Å². The number of ketones is 1. The first-order valence-corrected chi connectivity index (χ1v) is 6.04. The highest BCUT2D eigenvalue weighted by Gasteiger charge is 2.12. The Bertz CT molecular complexity index is 570. The Morgan fingerprint density at radius 1 is 1.00 bits per heavy atom. The summed E-state index contributed by atoms with van der Waals surface area (Å²) in [5.41, 5.74) is 0.968. The summed E-state index contributed by atoms with van der Waals surface area (Å²) < 4.78 is 26.7. The Morgan fingerprint density at radius 3 is 2.22 bits per heavy atom. The van der Waals surface area contributed by atoms with Gasteiger partial charge in [-0.15, -0.1) is 0 Å². The van der Waals surface area contributed by atoms with Crippen molar-refractivity contribution < 1.29 is 13.6 Å². The molecule has 2 rings (SSSR count). The van der Waals surface area contributed by atoms with Crippen molar-refractivity contribution in [3.05, 3.63) is 69.2 Å². The molecule has 0 aliphatic heterocycles. The van der Waals surface area contributed by atoms with E-state index in [2.05, 4.69) is 15.9 Å². The van der Waals surface area contributed by atoms with Crippen molar-refractivity contribution in [1.82, 2.24) is 0 Å². The first kappa shape index (κ1) is 12.9. The molecule has 0 spiro atoms. The maximum absolute atomic E-state index is 13.3. The van der Waals surface area contributed by atoms with Gasteiger partial charge in [0.15, 0.2) is 5.78 Å². The average molecular weight is 311 g/mol. The van der Waals surface area contributed by atoms with E-state index >= 15 is 0 Å². The van der Waals surface area contributed by atoms with Crippen LogP contribution in [0.1, 0.15) is 21.5 Å². The summed E-state index contributed by atoms with van der Waals surface area (Å²) in [6.45, 7) is 1.58. The van der Waals surface area contributed by atoms with Crippen LogP contribution >= 0.6 is 15.9 Å². The second-order valence-corrected chi connectivity index (χ2v) is 4.78. The molecule has 0 aromatic heterocycles. The zero-order chi connectivity index (χ0) is 13.3. The van der Waals surface area contributed by atoms with Crippen molar-refractivity contribution in [2.24, 2.45) is 0 Å². The van der Waals surface area contributed by atoms with Crippen LogP contribution in [0.3, 0.4) is 0 Å². The van der Waals surface area contributed by atoms with E-state index in [0.717, 1.165) is 6.07 Å². The number of benzene rings is 2. The highest BCUT2D eigenvalue weighted by atomic mass is 79.9. The summed E-state index contributed by atoms with van der Waals surface area (Å²) in [5, 5.41) is 0. The molecule has 18 heavy (non-hydrogen) atoms. The molecule has 0 fully saturated rings. The fourth-order valence-corrected chi connectivity index (χ4v) is 1.84. The van der Waals surface area contributed by atoms with Crippen LogP contribution in [0.4, 0.5) is 8.78 Å². The lowest BCUT2D eigenvalue weighted by atomic mass is 10.0. The molecule has 0 unspecified atom stereocenters. The first-order valence-electron chi connectivity index (χ1n) is 5.25. The van der Waals surface area contributed by atoms with Crippen LogP contribution < -0.4 is 0 Å². The molecule has 0 aliphatic carbocycles. The summed E-state index contributed by atoms with van der Waals surface area (Å²) >= 11 is 3.02. The fourth-order valence-electron chi connectivity index (χ4n) is 1.59. The van der Waals surface area contributed by atoms with Gasteiger partial charge < -0.3 is 0 Å². The summed E-state index contributed by atoms with van der Waals surface area (Å²) in [6, 6.07) is 8.23. The summed E-state index contributed by atoms with van der Waals surface area (Å²) in [6.07, 6.45) is 0. The number of rotatable bonds is 2. The molecule has 0 aliphatic rings. The van der Waals surface area contributed by atoms with E-state index in [9.17, 15) is 13.6 Å². The fraction of sp³-hybridized carbons (Fsp3) is 0.0714. The standard InChI is InChI=1S/C14H9BrF2O/c1-8-6-9(3-5-12(8)16)14(18)10-2-4-11(15)13(17)7-10/h2-7H,1H3. The quantitative estimate of drug-likeness (QED) is 0.757. The van der Waals surface area contributed by atoms with Crippen LogP contribution in [0, 0.1) is 18.6 Å². The summed E-state index contributed by atoms with van der Waals surface area (Å²) in [7, 11) is 0. The lowest BCUT2D eigenvalue weighted by Gasteiger charge is -2.04. The Labute approximate surface area is 112 Å². The van der Waals surface area contributed by atoms with Gasteiger partial charge in [-0.05, 0) is 64.8 Å². The minimum absolute atomic E-state index is 0.238. The van der Waals surface area contributed by atoms with Crippen LogP contribution in [-0.2, 0) is 0 Å². The second kappa shape index (κ2) is 4.98. The maximum atomic E-state index is 13.3. The van der Waals surface area contributed by atoms with Crippen molar-refractivity contribution in [2.75, 3.05) is 0 Å². The maximum Gasteiger partial charge on any atom is 0.193 e. The molecule has 1 nitrogen and oxygen atoms in total. The predicted molar refractivity (Wildman–Crippen MR) is 68.7 cm³/mol. The molecule has 2 aromatic carbocycles. The van der Waals surface area contributed by atoms with Crippen LogP contribution in [0.2, 0.25) is 0 Å². The number of halogens is 3. The van der Waals surface area contributed by atoms with Crippen molar-refractivity contribution in [3.63, 3.8) is 0 Å². The van der Waals surface area contributed by atoms with E-state index in [0.29, 0.717) is 15.6 Å². The number of carbonyl (C=O) groups is 1. The number of hydrogen-bond acceptors (Lipinski definition) is 1. The molecular formula is C14H9BrF2O. The second-order valence-electron chi connectivity index (χ2n) is 3.92. The van der Waals surface area contributed by atoms with Gasteiger partial charge in [0.25, 0.3) is 0 Å². The third-order valence-corrected chi connectivity index (χ3v) is 3.25. The highest BCUT2D eigenvalue weighted by molar-refractivity contribution is 9.10. The lowest BCUT2D eigenvalue weighted by molar-refractivity contribution is 0.103. The van der Waals surface area contributed by atoms with Crippen LogP contribution in [0.25, 0.3) is 0 Å². The SMILES string of the molecule is Cc1cc(C(=O)c2ccc(Br)c(F)c2)ccc1F. The Hall–Kier alpha value is -1.55. The van der Waals surface area contributed by atoms with E-state index in [4.69, 9.17) is 0 Å². The first-order chi connectivity index (χ1) is 8.49. The van der Waals surface area contributed by atoms with Gasteiger partial charge in [0.1, 0.15) is 11.6 Å². The zero-order valence-electron chi connectivity index (χ0n) is 9.51. The molecule has 0 radical (unpaired) electrons. The van der Waals surface area contributed by atoms with Gasteiger partial charge in [-0.3, -0.25) is 4.79 Å². The van der Waals surface area contributed by atoms with Crippen molar-refractivity contribution in [2.45, 2.75) is 6.92 Å². The van der Waals surface area contributed by atoms with Crippen molar-refractivity contribution >= 4 is 21.7 Å². The lowest BCUT2D eigenvalue weighted by Crippen LogP contribution is -2.03. The Balaban J connectivity index is 2.41. The molecule has 0 saturated carbocycles. The number of hydrogen-bond donors (Lipinski definition) is 0. The predicted octanol–water partition coefficient (Wildman–Crippen LogP) is 4.27. The molecule has 0 saturated heterocycles. The molecule has 92 valence electrons. The third-order valence-electron chi connectivity index (χ3n) is 2.60. The highest BCUT2D eigenvalue weighted by Crippen LogP contribution is 2.19. The van der Waals surface area contributed by atoms with Crippen LogP contribution in [0.15, 0.2) is 40.9 Å². The summed E-state index contributed by atoms with van der Waals surface area (Å²) in [4.78, 5) is 12.1.